The van der Waals surface area contributed by atoms with E-state index in [1.54, 1.807) is 6.33 Å². The van der Waals surface area contributed by atoms with Gasteiger partial charge in [-0.2, -0.15) is 0 Å². The molecule has 0 spiro atoms. The van der Waals surface area contributed by atoms with Crippen LogP contribution in [-0.2, 0) is 7.05 Å². The Hall–Kier alpha value is -1.05. The van der Waals surface area contributed by atoms with Gasteiger partial charge in [-0.1, -0.05) is 5.57 Å². The van der Waals surface area contributed by atoms with Crippen LogP contribution in [0.3, 0.4) is 0 Å². The molecule has 0 aromatic carbocycles. The number of aromatic nitrogens is 2. The number of imidazole rings is 1. The number of allylic oxidation sites excluding steroid dienone is 1. The third kappa shape index (κ3) is 1.72. The Balaban J connectivity index is 2.86. The van der Waals surface area contributed by atoms with Crippen molar-refractivity contribution in [2.24, 2.45) is 7.05 Å². The van der Waals surface area contributed by atoms with Crippen LogP contribution in [0.5, 0.6) is 0 Å². The minimum atomic E-state index is 1.03. The first-order chi connectivity index (χ1) is 4.68. The molecule has 0 aliphatic rings. The molecule has 0 fully saturated rings. The van der Waals surface area contributed by atoms with E-state index in [-0.39, 0.29) is 0 Å². The van der Waals surface area contributed by atoms with Crippen LogP contribution in [0.2, 0.25) is 0 Å². The molecule has 1 aromatic rings. The van der Waals surface area contributed by atoms with Gasteiger partial charge in [0.15, 0.2) is 0 Å². The Morgan fingerprint density at radius 2 is 2.30 bits per heavy atom. The minimum Gasteiger partial charge on any atom is -0.340 e. The van der Waals surface area contributed by atoms with Gasteiger partial charge in [-0.05, 0) is 19.9 Å². The first-order valence-electron chi connectivity index (χ1n) is 3.31. The normalized spacial score (nSPS) is 9.50. The van der Waals surface area contributed by atoms with Crippen LogP contribution in [0.25, 0.3) is 6.08 Å². The van der Waals surface area contributed by atoms with E-state index >= 15 is 0 Å². The van der Waals surface area contributed by atoms with Crippen LogP contribution in [0.1, 0.15) is 19.5 Å². The van der Waals surface area contributed by atoms with Crippen molar-refractivity contribution in [3.63, 3.8) is 0 Å². The molecule has 1 aromatic heterocycles. The van der Waals surface area contributed by atoms with Crippen LogP contribution in [0.4, 0.5) is 0 Å². The van der Waals surface area contributed by atoms with Gasteiger partial charge in [-0.15, -0.1) is 0 Å². The first-order valence-corrected chi connectivity index (χ1v) is 3.31. The average Bonchev–Trinajstić information content (AvgIpc) is 2.13. The second-order valence-corrected chi connectivity index (χ2v) is 2.69. The van der Waals surface area contributed by atoms with Crippen molar-refractivity contribution in [1.29, 1.82) is 0 Å². The van der Waals surface area contributed by atoms with Crippen molar-refractivity contribution in [3.8, 4) is 0 Å². The van der Waals surface area contributed by atoms with E-state index in [1.807, 2.05) is 17.8 Å². The predicted octanol–water partition coefficient (Wildman–Crippen LogP) is 1.84. The maximum Gasteiger partial charge on any atom is 0.0950 e. The van der Waals surface area contributed by atoms with Crippen molar-refractivity contribution in [1.82, 2.24) is 9.55 Å². The molecule has 0 N–H and O–H groups in total. The molecule has 1 rings (SSSR count). The summed E-state index contributed by atoms with van der Waals surface area (Å²) in [5.41, 5.74) is 2.31. The van der Waals surface area contributed by atoms with E-state index in [0.717, 1.165) is 5.69 Å². The van der Waals surface area contributed by atoms with Crippen LogP contribution >= 0.6 is 0 Å². The van der Waals surface area contributed by atoms with Crippen LogP contribution < -0.4 is 0 Å². The molecule has 0 amide bonds. The highest BCUT2D eigenvalue weighted by atomic mass is 15.0. The summed E-state index contributed by atoms with van der Waals surface area (Å²) in [5.74, 6) is 0. The Morgan fingerprint density at radius 1 is 1.60 bits per heavy atom. The Kier molecular flexibility index (Phi) is 1.90. The minimum absolute atomic E-state index is 1.03. The predicted molar refractivity (Wildman–Crippen MR) is 42.5 cm³/mol. The summed E-state index contributed by atoms with van der Waals surface area (Å²) in [5, 5.41) is 0. The molecule has 0 aliphatic carbocycles. The Morgan fingerprint density at radius 3 is 2.70 bits per heavy atom. The zero-order valence-electron chi connectivity index (χ0n) is 6.63. The number of hydrogen-bond acceptors (Lipinski definition) is 1. The highest BCUT2D eigenvalue weighted by Crippen LogP contribution is 2.01. The summed E-state index contributed by atoms with van der Waals surface area (Å²) in [4.78, 5) is 4.14. The number of aryl methyl sites for hydroxylation is 1. The summed E-state index contributed by atoms with van der Waals surface area (Å²) >= 11 is 0. The average molecular weight is 136 g/mol. The van der Waals surface area contributed by atoms with E-state index in [4.69, 9.17) is 0 Å². The quantitative estimate of drug-likeness (QED) is 0.576. The molecular weight excluding hydrogens is 124 g/mol. The maximum atomic E-state index is 4.14. The first kappa shape index (κ1) is 7.06. The zero-order chi connectivity index (χ0) is 7.56. The molecule has 10 heavy (non-hydrogen) atoms. The monoisotopic (exact) mass is 136 g/mol. The summed E-state index contributed by atoms with van der Waals surface area (Å²) in [6, 6.07) is 0. The second kappa shape index (κ2) is 2.69. The molecule has 2 heteroatoms. The fourth-order valence-corrected chi connectivity index (χ4v) is 0.803. The topological polar surface area (TPSA) is 17.8 Å². The van der Waals surface area contributed by atoms with Gasteiger partial charge in [0, 0.05) is 13.2 Å². The summed E-state index contributed by atoms with van der Waals surface area (Å²) in [6.07, 6.45) is 5.85. The smallest absolute Gasteiger partial charge is 0.0950 e. The van der Waals surface area contributed by atoms with E-state index < -0.39 is 0 Å². The molecule has 0 atom stereocenters. The highest BCUT2D eigenvalue weighted by Gasteiger charge is 1.89. The molecule has 0 radical (unpaired) electrons. The maximum absolute atomic E-state index is 4.14. The lowest BCUT2D eigenvalue weighted by molar-refractivity contribution is 0.913. The van der Waals surface area contributed by atoms with Crippen molar-refractivity contribution >= 4 is 6.08 Å². The highest BCUT2D eigenvalue weighted by molar-refractivity contribution is 5.46. The van der Waals surface area contributed by atoms with Crippen molar-refractivity contribution in [3.05, 3.63) is 23.8 Å². The molecule has 2 nitrogen and oxygen atoms in total. The lowest BCUT2D eigenvalue weighted by Crippen LogP contribution is -1.77. The third-order valence-corrected chi connectivity index (χ3v) is 1.16. The van der Waals surface area contributed by atoms with Crippen molar-refractivity contribution < 1.29 is 0 Å². The summed E-state index contributed by atoms with van der Waals surface area (Å²) in [6.45, 7) is 4.13. The lowest BCUT2D eigenvalue weighted by atomic mass is 10.3. The van der Waals surface area contributed by atoms with Gasteiger partial charge < -0.3 is 4.57 Å². The third-order valence-electron chi connectivity index (χ3n) is 1.16. The molecular formula is C8H12N2. The van der Waals surface area contributed by atoms with E-state index in [1.165, 1.54) is 5.57 Å². The molecule has 0 saturated heterocycles. The zero-order valence-corrected chi connectivity index (χ0v) is 6.63. The van der Waals surface area contributed by atoms with Gasteiger partial charge in [0.05, 0.1) is 12.0 Å². The van der Waals surface area contributed by atoms with Gasteiger partial charge in [0.1, 0.15) is 0 Å². The van der Waals surface area contributed by atoms with Crippen LogP contribution in [0, 0.1) is 0 Å². The van der Waals surface area contributed by atoms with Crippen LogP contribution in [-0.4, -0.2) is 9.55 Å². The Labute approximate surface area is 61.2 Å². The van der Waals surface area contributed by atoms with Crippen molar-refractivity contribution in [2.75, 3.05) is 0 Å². The standard InChI is InChI=1S/C8H12N2/c1-7(2)4-8-5-10(3)6-9-8/h4-6H,1-3H3. The summed E-state index contributed by atoms with van der Waals surface area (Å²) < 4.78 is 1.94. The van der Waals surface area contributed by atoms with Gasteiger partial charge in [-0.3, -0.25) is 0 Å². The SMILES string of the molecule is CC(C)=Cc1cn(C)cn1. The fraction of sp³-hybridized carbons (Fsp3) is 0.375. The van der Waals surface area contributed by atoms with Gasteiger partial charge >= 0.3 is 0 Å². The van der Waals surface area contributed by atoms with Crippen molar-refractivity contribution in [2.45, 2.75) is 13.8 Å². The second-order valence-electron chi connectivity index (χ2n) is 2.69. The number of nitrogens with zero attached hydrogens (tertiary/aromatic N) is 2. The number of rotatable bonds is 1. The van der Waals surface area contributed by atoms with Gasteiger partial charge in [-0.25, -0.2) is 4.98 Å². The van der Waals surface area contributed by atoms with E-state index in [2.05, 4.69) is 24.9 Å². The number of hydrogen-bond donors (Lipinski definition) is 0. The van der Waals surface area contributed by atoms with Gasteiger partial charge in [0.25, 0.3) is 0 Å². The fourth-order valence-electron chi connectivity index (χ4n) is 0.803. The largest absolute Gasteiger partial charge is 0.340 e. The van der Waals surface area contributed by atoms with Crippen LogP contribution in [0.15, 0.2) is 18.1 Å². The lowest BCUT2D eigenvalue weighted by Gasteiger charge is -1.85. The molecule has 1 heterocycles. The van der Waals surface area contributed by atoms with Gasteiger partial charge in [0.2, 0.25) is 0 Å². The Bertz CT molecular complexity index is 242. The van der Waals surface area contributed by atoms with E-state index in [0.29, 0.717) is 0 Å². The van der Waals surface area contributed by atoms with E-state index in [9.17, 15) is 0 Å². The molecule has 0 saturated carbocycles. The molecule has 0 bridgehead atoms. The molecule has 54 valence electrons. The summed E-state index contributed by atoms with van der Waals surface area (Å²) in [7, 11) is 1.97. The molecule has 0 unspecified atom stereocenters. The molecule has 0 aliphatic heterocycles.